The number of aliphatic imine (C=N–C) groups is 1. The van der Waals surface area contributed by atoms with Gasteiger partial charge in [-0.05, 0) is 25.8 Å². The van der Waals surface area contributed by atoms with E-state index in [-0.39, 0.29) is 6.15 Å². The molecule has 0 heterocycles. The van der Waals surface area contributed by atoms with Crippen LogP contribution in [-0.2, 0) is 0 Å². The van der Waals surface area contributed by atoms with Crippen LogP contribution in [0.25, 0.3) is 0 Å². The number of nitrogens with one attached hydrogen (secondary N) is 1. The van der Waals surface area contributed by atoms with Crippen molar-refractivity contribution >= 4 is 5.84 Å². The van der Waals surface area contributed by atoms with Crippen molar-refractivity contribution in [2.24, 2.45) is 10.7 Å². The van der Waals surface area contributed by atoms with Crippen LogP contribution in [0, 0.1) is 0 Å². The van der Waals surface area contributed by atoms with Gasteiger partial charge in [-0.15, -0.1) is 0 Å². The third-order valence-corrected chi connectivity index (χ3v) is 1.75. The molecule has 0 fully saturated rings. The lowest BCUT2D eigenvalue weighted by Gasteiger charge is -2.09. The van der Waals surface area contributed by atoms with Gasteiger partial charge < -0.3 is 17.2 Å². The Morgan fingerprint density at radius 1 is 1.47 bits per heavy atom. The number of nitrogens with two attached hydrogens (primary N) is 1. The van der Waals surface area contributed by atoms with Crippen LogP contribution in [-0.4, -0.2) is 12.4 Å². The first-order valence-electron chi connectivity index (χ1n) is 4.97. The normalized spacial score (nSPS) is 11.9. The fourth-order valence-corrected chi connectivity index (χ4v) is 0.859. The molecule has 4 nitrogen and oxygen atoms in total. The summed E-state index contributed by atoms with van der Waals surface area (Å²) >= 11 is 0. The summed E-state index contributed by atoms with van der Waals surface area (Å²) in [5, 5.41) is 3.11. The van der Waals surface area contributed by atoms with E-state index in [2.05, 4.69) is 23.8 Å². The van der Waals surface area contributed by atoms with Crippen molar-refractivity contribution in [2.45, 2.75) is 33.6 Å². The zero-order valence-corrected chi connectivity index (χ0v) is 10.1. The van der Waals surface area contributed by atoms with Crippen LogP contribution in [0.3, 0.4) is 0 Å². The third-order valence-electron chi connectivity index (χ3n) is 1.75. The second kappa shape index (κ2) is 9.27. The molecule has 0 amide bonds. The van der Waals surface area contributed by atoms with Crippen molar-refractivity contribution in [3.63, 3.8) is 0 Å². The van der Waals surface area contributed by atoms with Crippen molar-refractivity contribution in [2.75, 3.05) is 6.54 Å². The average molecular weight is 212 g/mol. The summed E-state index contributed by atoms with van der Waals surface area (Å²) in [7, 11) is 0. The fraction of sp³-hybridized carbons (Fsp3) is 0.545. The molecule has 0 atom stereocenters. The predicted molar refractivity (Wildman–Crippen MR) is 68.1 cm³/mol. The van der Waals surface area contributed by atoms with E-state index in [0.717, 1.165) is 36.5 Å². The lowest BCUT2D eigenvalue weighted by molar-refractivity contribution is 0.804. The van der Waals surface area contributed by atoms with Gasteiger partial charge in [-0.3, -0.25) is 4.99 Å². The Balaban J connectivity index is 0. The minimum Gasteiger partial charge on any atom is -0.403 e. The smallest absolute Gasteiger partial charge is 0.127 e. The molecule has 0 aliphatic carbocycles. The Kier molecular flexibility index (Phi) is 9.98. The molecule has 0 bridgehead atoms. The number of allylic oxidation sites excluding steroid dienone is 1. The number of rotatable bonds is 5. The summed E-state index contributed by atoms with van der Waals surface area (Å²) in [6, 6.07) is 0. The molecule has 0 saturated carbocycles. The molecular formula is C11H24N4. The topological polar surface area (TPSA) is 85.4 Å². The zero-order valence-electron chi connectivity index (χ0n) is 10.1. The van der Waals surface area contributed by atoms with E-state index in [4.69, 9.17) is 5.73 Å². The molecule has 0 aliphatic rings. The predicted octanol–water partition coefficient (Wildman–Crippen LogP) is 2.33. The van der Waals surface area contributed by atoms with E-state index in [9.17, 15) is 0 Å². The lowest BCUT2D eigenvalue weighted by atomic mass is 10.3. The molecule has 88 valence electrons. The summed E-state index contributed by atoms with van der Waals surface area (Å²) in [6.45, 7) is 10.7. The first-order chi connectivity index (χ1) is 6.61. The zero-order chi connectivity index (χ0) is 11.0. The minimum absolute atomic E-state index is 0. The van der Waals surface area contributed by atoms with Gasteiger partial charge in [0.05, 0.1) is 0 Å². The van der Waals surface area contributed by atoms with Crippen LogP contribution in [0.5, 0.6) is 0 Å². The van der Waals surface area contributed by atoms with E-state index >= 15 is 0 Å². The molecule has 0 aromatic heterocycles. The second-order valence-electron chi connectivity index (χ2n) is 3.34. The molecule has 0 rings (SSSR count). The molecule has 0 aromatic rings. The van der Waals surface area contributed by atoms with Crippen molar-refractivity contribution in [1.82, 2.24) is 11.5 Å². The summed E-state index contributed by atoms with van der Waals surface area (Å²) in [5.74, 6) is 0.831. The Morgan fingerprint density at radius 3 is 2.47 bits per heavy atom. The van der Waals surface area contributed by atoms with Gasteiger partial charge in [0, 0.05) is 18.4 Å². The van der Waals surface area contributed by atoms with Crippen molar-refractivity contribution in [3.05, 3.63) is 24.0 Å². The van der Waals surface area contributed by atoms with E-state index in [1.807, 2.05) is 13.8 Å². The van der Waals surface area contributed by atoms with E-state index in [1.165, 1.54) is 6.20 Å². The van der Waals surface area contributed by atoms with E-state index in [0.29, 0.717) is 0 Å². The first kappa shape index (κ1) is 16.2. The van der Waals surface area contributed by atoms with Crippen LogP contribution in [0.4, 0.5) is 0 Å². The van der Waals surface area contributed by atoms with E-state index in [1.54, 1.807) is 0 Å². The van der Waals surface area contributed by atoms with Crippen LogP contribution in [0.2, 0.25) is 0 Å². The van der Waals surface area contributed by atoms with Gasteiger partial charge in [-0.2, -0.15) is 0 Å². The number of unbranched alkanes of at least 4 members (excludes halogenated alkanes) is 1. The van der Waals surface area contributed by atoms with Gasteiger partial charge in [-0.1, -0.05) is 19.9 Å². The number of nitrogens with zero attached hydrogens (tertiary/aromatic N) is 1. The van der Waals surface area contributed by atoms with Gasteiger partial charge in [0.15, 0.2) is 0 Å². The number of hydrogen-bond donors (Lipinski definition) is 3. The van der Waals surface area contributed by atoms with Crippen LogP contribution < -0.4 is 17.2 Å². The third kappa shape index (κ3) is 7.76. The Hall–Kier alpha value is -1.29. The molecule has 4 heteroatoms. The average Bonchev–Trinajstić information content (AvgIpc) is 2.16. The lowest BCUT2D eigenvalue weighted by Crippen LogP contribution is -2.23. The largest absolute Gasteiger partial charge is 0.403 e. The summed E-state index contributed by atoms with van der Waals surface area (Å²) in [6.07, 6.45) is 3.78. The molecule has 6 N–H and O–H groups in total. The molecule has 0 radical (unpaired) electrons. The second-order valence-corrected chi connectivity index (χ2v) is 3.34. The van der Waals surface area contributed by atoms with E-state index < -0.39 is 0 Å². The number of amidine groups is 1. The maximum atomic E-state index is 5.37. The molecule has 0 saturated heterocycles. The van der Waals surface area contributed by atoms with Gasteiger partial charge in [0.25, 0.3) is 0 Å². The molecule has 15 heavy (non-hydrogen) atoms. The van der Waals surface area contributed by atoms with Crippen molar-refractivity contribution in [1.29, 1.82) is 0 Å². The van der Waals surface area contributed by atoms with Gasteiger partial charge in [-0.25, -0.2) is 0 Å². The van der Waals surface area contributed by atoms with Gasteiger partial charge in [0.2, 0.25) is 0 Å². The van der Waals surface area contributed by atoms with Gasteiger partial charge >= 0.3 is 0 Å². The van der Waals surface area contributed by atoms with Gasteiger partial charge in [0.1, 0.15) is 5.84 Å². The maximum absolute atomic E-state index is 5.37. The highest BCUT2D eigenvalue weighted by Crippen LogP contribution is 1.96. The molecule has 0 aliphatic heterocycles. The van der Waals surface area contributed by atoms with Crippen LogP contribution in [0.15, 0.2) is 29.0 Å². The SMILES string of the molecule is C=C(C)C(=NCCCC)N/C(C)=C\N.N. The highest BCUT2D eigenvalue weighted by atomic mass is 15.0. The quantitative estimate of drug-likeness (QED) is 0.371. The maximum Gasteiger partial charge on any atom is 0.127 e. The molecule has 0 aromatic carbocycles. The summed E-state index contributed by atoms with van der Waals surface area (Å²) in [5.41, 5.74) is 7.19. The Bertz CT molecular complexity index is 241. The first-order valence-corrected chi connectivity index (χ1v) is 4.97. The molecular weight excluding hydrogens is 188 g/mol. The fourth-order valence-electron chi connectivity index (χ4n) is 0.859. The van der Waals surface area contributed by atoms with Crippen molar-refractivity contribution < 1.29 is 0 Å². The standard InChI is InChI=1S/C11H21N3.H3N/c1-5-6-7-13-11(9(2)3)14-10(4)8-12;/h8H,2,5-7,12H2,1,3-4H3,(H,13,14);1H3/b10-8-;. The molecule has 0 unspecified atom stereocenters. The summed E-state index contributed by atoms with van der Waals surface area (Å²) in [4.78, 5) is 4.41. The Morgan fingerprint density at radius 2 is 2.07 bits per heavy atom. The highest BCUT2D eigenvalue weighted by Gasteiger charge is 1.98. The van der Waals surface area contributed by atoms with Crippen LogP contribution in [0.1, 0.15) is 33.6 Å². The monoisotopic (exact) mass is 212 g/mol. The summed E-state index contributed by atoms with van der Waals surface area (Å²) < 4.78 is 0. The van der Waals surface area contributed by atoms with Crippen molar-refractivity contribution in [3.8, 4) is 0 Å². The molecule has 0 spiro atoms. The Labute approximate surface area is 92.9 Å². The minimum atomic E-state index is 0. The highest BCUT2D eigenvalue weighted by molar-refractivity contribution is 5.98. The van der Waals surface area contributed by atoms with Crippen LogP contribution >= 0.6 is 0 Å². The number of hydrogen-bond acceptors (Lipinski definition) is 3.